The topological polar surface area (TPSA) is 66.9 Å². The van der Waals surface area contributed by atoms with Crippen LogP contribution in [0.15, 0.2) is 24.3 Å². The van der Waals surface area contributed by atoms with Crippen LogP contribution in [0.2, 0.25) is 5.02 Å². The minimum absolute atomic E-state index is 0. The van der Waals surface area contributed by atoms with Crippen molar-refractivity contribution in [3.8, 4) is 0 Å². The molecule has 0 bridgehead atoms. The van der Waals surface area contributed by atoms with E-state index in [1.807, 2.05) is 24.3 Å². The van der Waals surface area contributed by atoms with Crippen LogP contribution in [0.3, 0.4) is 0 Å². The van der Waals surface area contributed by atoms with E-state index in [4.69, 9.17) is 11.6 Å². The van der Waals surface area contributed by atoms with Crippen LogP contribution in [0.25, 0.3) is 0 Å². The molecular formula is C12H14Cl2N4OS. The number of rotatable bonds is 5. The number of nitrogens with zero attached hydrogens (tertiary/aromatic N) is 2. The Morgan fingerprint density at radius 3 is 2.90 bits per heavy atom. The van der Waals surface area contributed by atoms with E-state index in [-0.39, 0.29) is 24.9 Å². The third-order valence-corrected chi connectivity index (χ3v) is 3.37. The van der Waals surface area contributed by atoms with Crippen molar-refractivity contribution in [2.45, 2.75) is 6.42 Å². The lowest BCUT2D eigenvalue weighted by atomic mass is 10.2. The van der Waals surface area contributed by atoms with Crippen LogP contribution in [0.5, 0.6) is 0 Å². The van der Waals surface area contributed by atoms with Gasteiger partial charge in [-0.25, -0.2) is 0 Å². The van der Waals surface area contributed by atoms with Crippen molar-refractivity contribution in [2.75, 3.05) is 18.9 Å². The van der Waals surface area contributed by atoms with Crippen molar-refractivity contribution in [3.63, 3.8) is 0 Å². The summed E-state index contributed by atoms with van der Waals surface area (Å²) in [4.78, 5) is 11.4. The van der Waals surface area contributed by atoms with Gasteiger partial charge in [-0.3, -0.25) is 10.1 Å². The van der Waals surface area contributed by atoms with Crippen molar-refractivity contribution < 1.29 is 4.79 Å². The summed E-state index contributed by atoms with van der Waals surface area (Å²) in [6.45, 7) is 0.253. The number of hydrogen-bond donors (Lipinski definition) is 2. The molecule has 0 saturated heterocycles. The van der Waals surface area contributed by atoms with Gasteiger partial charge in [-0.1, -0.05) is 35.1 Å². The fraction of sp³-hybridized carbons (Fsp3) is 0.250. The van der Waals surface area contributed by atoms with Crippen molar-refractivity contribution in [1.29, 1.82) is 0 Å². The van der Waals surface area contributed by atoms with Crippen molar-refractivity contribution in [3.05, 3.63) is 39.9 Å². The molecule has 0 saturated carbocycles. The van der Waals surface area contributed by atoms with Crippen LogP contribution in [0.1, 0.15) is 10.6 Å². The predicted octanol–water partition coefficient (Wildman–Crippen LogP) is 2.36. The Morgan fingerprint density at radius 1 is 1.40 bits per heavy atom. The molecule has 0 aliphatic carbocycles. The van der Waals surface area contributed by atoms with Crippen molar-refractivity contribution in [2.24, 2.45) is 0 Å². The van der Waals surface area contributed by atoms with Crippen LogP contribution in [0.4, 0.5) is 5.13 Å². The van der Waals surface area contributed by atoms with Gasteiger partial charge in [0.25, 0.3) is 0 Å². The molecule has 0 fully saturated rings. The molecule has 0 radical (unpaired) electrons. The van der Waals surface area contributed by atoms with Gasteiger partial charge < -0.3 is 5.32 Å². The lowest BCUT2D eigenvalue weighted by Gasteiger charge is -1.98. The number of halogens is 2. The third-order valence-electron chi connectivity index (χ3n) is 2.29. The summed E-state index contributed by atoms with van der Waals surface area (Å²) in [5, 5.41) is 15.5. The first-order chi connectivity index (χ1) is 9.17. The lowest BCUT2D eigenvalue weighted by molar-refractivity contribution is -0.115. The van der Waals surface area contributed by atoms with Crippen LogP contribution < -0.4 is 10.6 Å². The highest BCUT2D eigenvalue weighted by Gasteiger charge is 2.08. The Balaban J connectivity index is 0.00000200. The number of amides is 1. The summed E-state index contributed by atoms with van der Waals surface area (Å²) < 4.78 is 0. The summed E-state index contributed by atoms with van der Waals surface area (Å²) >= 11 is 7.29. The van der Waals surface area contributed by atoms with Gasteiger partial charge in [0.15, 0.2) is 0 Å². The van der Waals surface area contributed by atoms with Crippen LogP contribution in [0, 0.1) is 0 Å². The Kier molecular flexibility index (Phi) is 6.87. The van der Waals surface area contributed by atoms with Gasteiger partial charge >= 0.3 is 0 Å². The van der Waals surface area contributed by atoms with E-state index in [0.29, 0.717) is 16.6 Å². The van der Waals surface area contributed by atoms with Crippen LogP contribution >= 0.6 is 35.3 Å². The lowest BCUT2D eigenvalue weighted by Crippen LogP contribution is -2.24. The molecule has 0 spiro atoms. The van der Waals surface area contributed by atoms with E-state index < -0.39 is 0 Å². The molecular weight excluding hydrogens is 319 g/mol. The van der Waals surface area contributed by atoms with Gasteiger partial charge in [0, 0.05) is 11.4 Å². The number of nitrogens with one attached hydrogen (secondary N) is 2. The largest absolute Gasteiger partial charge is 0.311 e. The Hall–Kier alpha value is -1.21. The minimum Gasteiger partial charge on any atom is -0.311 e. The molecule has 0 unspecified atom stereocenters. The normalized spacial score (nSPS) is 9.90. The molecule has 20 heavy (non-hydrogen) atoms. The highest BCUT2D eigenvalue weighted by molar-refractivity contribution is 7.15. The standard InChI is InChI=1S/C12H13ClN4OS.ClH/c1-14-7-10(18)15-12-17-16-11(19-12)6-8-3-2-4-9(13)5-8;/h2-5,14H,6-7H2,1H3,(H,15,17,18);1H. The summed E-state index contributed by atoms with van der Waals surface area (Å²) in [7, 11) is 1.71. The Labute approximate surface area is 132 Å². The molecule has 0 aliphatic heterocycles. The second kappa shape index (κ2) is 8.16. The number of carbonyl (C=O) groups is 1. The van der Waals surface area contributed by atoms with Gasteiger partial charge in [-0.15, -0.1) is 22.6 Å². The maximum atomic E-state index is 11.4. The van der Waals surface area contributed by atoms with E-state index in [1.165, 1.54) is 11.3 Å². The number of hydrogen-bond acceptors (Lipinski definition) is 5. The van der Waals surface area contributed by atoms with Crippen LogP contribution in [-0.2, 0) is 11.2 Å². The van der Waals surface area contributed by atoms with Crippen LogP contribution in [-0.4, -0.2) is 29.7 Å². The highest BCUT2D eigenvalue weighted by atomic mass is 35.5. The van der Waals surface area contributed by atoms with Gasteiger partial charge in [-0.05, 0) is 24.7 Å². The van der Waals surface area contributed by atoms with E-state index in [1.54, 1.807) is 7.05 Å². The summed E-state index contributed by atoms with van der Waals surface area (Å²) in [6.07, 6.45) is 0.653. The highest BCUT2D eigenvalue weighted by Crippen LogP contribution is 2.20. The molecule has 0 atom stereocenters. The number of anilines is 1. The monoisotopic (exact) mass is 332 g/mol. The molecule has 0 aliphatic rings. The average molecular weight is 333 g/mol. The van der Waals surface area contributed by atoms with E-state index in [0.717, 1.165) is 10.6 Å². The molecule has 2 N–H and O–H groups in total. The molecule has 8 heteroatoms. The minimum atomic E-state index is -0.132. The first-order valence-electron chi connectivity index (χ1n) is 5.68. The predicted molar refractivity (Wildman–Crippen MR) is 84.0 cm³/mol. The second-order valence-electron chi connectivity index (χ2n) is 3.89. The van der Waals surface area contributed by atoms with E-state index in [9.17, 15) is 4.79 Å². The molecule has 2 aromatic rings. The summed E-state index contributed by atoms with van der Waals surface area (Å²) in [6, 6.07) is 7.59. The van der Waals surface area contributed by atoms with Crippen molar-refractivity contribution >= 4 is 46.4 Å². The van der Waals surface area contributed by atoms with Gasteiger partial charge in [0.1, 0.15) is 5.01 Å². The fourth-order valence-corrected chi connectivity index (χ4v) is 2.52. The van der Waals surface area contributed by atoms with E-state index >= 15 is 0 Å². The van der Waals surface area contributed by atoms with Gasteiger partial charge in [-0.2, -0.15) is 0 Å². The smallest absolute Gasteiger partial charge is 0.240 e. The SMILES string of the molecule is CNCC(=O)Nc1nnc(Cc2cccc(Cl)c2)s1.Cl. The number of benzene rings is 1. The Bertz CT molecular complexity index is 576. The molecule has 5 nitrogen and oxygen atoms in total. The molecule has 1 aromatic heterocycles. The molecule has 1 aromatic carbocycles. The number of aromatic nitrogens is 2. The molecule has 108 valence electrons. The summed E-state index contributed by atoms with van der Waals surface area (Å²) in [5.74, 6) is -0.132. The molecule has 1 amide bonds. The average Bonchev–Trinajstić information content (AvgIpc) is 2.76. The quantitative estimate of drug-likeness (QED) is 0.882. The fourth-order valence-electron chi connectivity index (χ4n) is 1.52. The second-order valence-corrected chi connectivity index (χ2v) is 5.38. The van der Waals surface area contributed by atoms with Gasteiger partial charge in [0.05, 0.1) is 6.54 Å². The zero-order valence-electron chi connectivity index (χ0n) is 10.7. The van der Waals surface area contributed by atoms with Gasteiger partial charge in [0.2, 0.25) is 11.0 Å². The zero-order valence-corrected chi connectivity index (χ0v) is 13.1. The summed E-state index contributed by atoms with van der Waals surface area (Å²) in [5.41, 5.74) is 1.07. The maximum absolute atomic E-state index is 11.4. The van der Waals surface area contributed by atoms with Crippen molar-refractivity contribution in [1.82, 2.24) is 15.5 Å². The number of carbonyl (C=O) groups excluding carboxylic acids is 1. The Morgan fingerprint density at radius 2 is 2.20 bits per heavy atom. The van der Waals surface area contributed by atoms with E-state index in [2.05, 4.69) is 20.8 Å². The number of likely N-dealkylation sites (N-methyl/N-ethyl adjacent to an activating group) is 1. The molecule has 1 heterocycles. The maximum Gasteiger partial charge on any atom is 0.240 e. The zero-order chi connectivity index (χ0) is 13.7. The third kappa shape index (κ3) is 5.05. The first kappa shape index (κ1) is 16.8. The first-order valence-corrected chi connectivity index (χ1v) is 6.88. The molecule has 2 rings (SSSR count).